The Morgan fingerprint density at radius 2 is 1.78 bits per heavy atom. The van der Waals surface area contributed by atoms with Crippen LogP contribution in [-0.4, -0.2) is 58.6 Å². The monoisotopic (exact) mass is 279 g/mol. The second-order valence-electron chi connectivity index (χ2n) is 4.70. The van der Waals surface area contributed by atoms with Gasteiger partial charge in [-0.3, -0.25) is 0 Å². The number of halogens is 1. The Kier molecular flexibility index (Phi) is 9.89. The van der Waals surface area contributed by atoms with E-state index in [1.807, 2.05) is 0 Å². The van der Waals surface area contributed by atoms with Crippen molar-refractivity contribution in [1.82, 2.24) is 5.32 Å². The maximum Gasteiger partial charge on any atom is 0.0701 e. The first-order valence-corrected chi connectivity index (χ1v) is 7.25. The van der Waals surface area contributed by atoms with E-state index in [4.69, 9.17) is 25.8 Å². The molecular weight excluding hydrogens is 254 g/mol. The predicted molar refractivity (Wildman–Crippen MR) is 73.4 cm³/mol. The van der Waals surface area contributed by atoms with Gasteiger partial charge >= 0.3 is 0 Å². The number of nitrogens with one attached hydrogen (secondary N) is 1. The minimum absolute atomic E-state index is 0.400. The van der Waals surface area contributed by atoms with Crippen LogP contribution in [0.5, 0.6) is 0 Å². The largest absolute Gasteiger partial charge is 0.382 e. The van der Waals surface area contributed by atoms with Gasteiger partial charge in [0.05, 0.1) is 33.0 Å². The fourth-order valence-electron chi connectivity index (χ4n) is 2.11. The van der Waals surface area contributed by atoms with Crippen LogP contribution in [0.4, 0.5) is 0 Å². The van der Waals surface area contributed by atoms with Crippen molar-refractivity contribution in [2.45, 2.75) is 24.6 Å². The van der Waals surface area contributed by atoms with Crippen LogP contribution in [0.2, 0.25) is 0 Å². The summed E-state index contributed by atoms with van der Waals surface area (Å²) < 4.78 is 15.6. The molecule has 0 aromatic heterocycles. The van der Waals surface area contributed by atoms with Crippen molar-refractivity contribution < 1.29 is 14.2 Å². The summed E-state index contributed by atoms with van der Waals surface area (Å²) in [6.07, 6.45) is 3.58. The molecule has 1 aliphatic carbocycles. The highest BCUT2D eigenvalue weighted by Gasteiger charge is 2.21. The molecule has 0 radical (unpaired) electrons. The summed E-state index contributed by atoms with van der Waals surface area (Å²) in [7, 11) is 1.67. The molecule has 1 fully saturated rings. The lowest BCUT2D eigenvalue weighted by Gasteiger charge is -2.11. The molecule has 0 aromatic rings. The molecule has 0 spiro atoms. The summed E-state index contributed by atoms with van der Waals surface area (Å²) in [5.41, 5.74) is 0. The van der Waals surface area contributed by atoms with E-state index in [9.17, 15) is 0 Å². The van der Waals surface area contributed by atoms with Crippen LogP contribution in [0, 0.1) is 5.92 Å². The first-order valence-electron chi connectivity index (χ1n) is 6.82. The van der Waals surface area contributed by atoms with Crippen molar-refractivity contribution in [3.05, 3.63) is 0 Å². The van der Waals surface area contributed by atoms with E-state index in [0.717, 1.165) is 32.0 Å². The van der Waals surface area contributed by atoms with Crippen LogP contribution in [0.3, 0.4) is 0 Å². The maximum atomic E-state index is 6.07. The highest BCUT2D eigenvalue weighted by atomic mass is 35.5. The fourth-order valence-corrected chi connectivity index (χ4v) is 2.49. The van der Waals surface area contributed by atoms with E-state index >= 15 is 0 Å². The quantitative estimate of drug-likeness (QED) is 0.461. The standard InChI is InChI=1S/C13H26ClNO3/c1-16-6-7-18-9-8-17-5-4-15-11-12-2-3-13(14)10-12/h12-13,15H,2-11H2,1H3. The topological polar surface area (TPSA) is 39.7 Å². The molecule has 0 heterocycles. The van der Waals surface area contributed by atoms with Gasteiger partial charge in [0.15, 0.2) is 0 Å². The molecule has 0 saturated heterocycles. The molecule has 2 unspecified atom stereocenters. The van der Waals surface area contributed by atoms with Crippen molar-refractivity contribution in [2.24, 2.45) is 5.92 Å². The minimum atomic E-state index is 0.400. The average Bonchev–Trinajstić information content (AvgIpc) is 2.77. The van der Waals surface area contributed by atoms with Crippen molar-refractivity contribution in [1.29, 1.82) is 0 Å². The van der Waals surface area contributed by atoms with Gasteiger partial charge in [0, 0.05) is 19.0 Å². The van der Waals surface area contributed by atoms with Gasteiger partial charge in [0.1, 0.15) is 0 Å². The zero-order chi connectivity index (χ0) is 13.1. The van der Waals surface area contributed by atoms with Crippen LogP contribution >= 0.6 is 11.6 Å². The predicted octanol–water partition coefficient (Wildman–Crippen LogP) is 1.66. The smallest absolute Gasteiger partial charge is 0.0701 e. The molecule has 0 aromatic carbocycles. The highest BCUT2D eigenvalue weighted by molar-refractivity contribution is 6.20. The Hall–Kier alpha value is 0.130. The molecule has 1 N–H and O–H groups in total. The first-order chi connectivity index (χ1) is 8.83. The Balaban J connectivity index is 1.73. The van der Waals surface area contributed by atoms with E-state index in [-0.39, 0.29) is 0 Å². The molecule has 0 aliphatic heterocycles. The third kappa shape index (κ3) is 8.27. The van der Waals surface area contributed by atoms with Gasteiger partial charge in [-0.15, -0.1) is 11.6 Å². The molecule has 1 rings (SSSR count). The highest BCUT2D eigenvalue weighted by Crippen LogP contribution is 2.28. The second-order valence-corrected chi connectivity index (χ2v) is 5.32. The number of hydrogen-bond acceptors (Lipinski definition) is 4. The van der Waals surface area contributed by atoms with Crippen LogP contribution in [0.1, 0.15) is 19.3 Å². The van der Waals surface area contributed by atoms with Gasteiger partial charge in [-0.25, -0.2) is 0 Å². The Morgan fingerprint density at radius 1 is 1.06 bits per heavy atom. The second kappa shape index (κ2) is 11.0. The van der Waals surface area contributed by atoms with Gasteiger partial charge in [-0.2, -0.15) is 0 Å². The lowest BCUT2D eigenvalue weighted by atomic mass is 10.1. The third-order valence-electron chi connectivity index (χ3n) is 3.14. The molecule has 0 bridgehead atoms. The molecule has 1 aliphatic rings. The lowest BCUT2D eigenvalue weighted by Crippen LogP contribution is -2.26. The lowest BCUT2D eigenvalue weighted by molar-refractivity contribution is 0.0255. The summed E-state index contributed by atoms with van der Waals surface area (Å²) in [4.78, 5) is 0. The molecule has 108 valence electrons. The van der Waals surface area contributed by atoms with Gasteiger partial charge < -0.3 is 19.5 Å². The number of rotatable bonds is 11. The van der Waals surface area contributed by atoms with E-state index in [1.165, 1.54) is 12.8 Å². The molecular formula is C13H26ClNO3. The zero-order valence-corrected chi connectivity index (χ0v) is 12.1. The first kappa shape index (κ1) is 16.2. The zero-order valence-electron chi connectivity index (χ0n) is 11.3. The molecule has 4 nitrogen and oxygen atoms in total. The summed E-state index contributed by atoms with van der Waals surface area (Å²) in [6, 6.07) is 0. The van der Waals surface area contributed by atoms with Gasteiger partial charge in [0.25, 0.3) is 0 Å². The van der Waals surface area contributed by atoms with Gasteiger partial charge in [-0.1, -0.05) is 0 Å². The van der Waals surface area contributed by atoms with Crippen LogP contribution in [-0.2, 0) is 14.2 Å². The number of ether oxygens (including phenoxy) is 3. The molecule has 18 heavy (non-hydrogen) atoms. The van der Waals surface area contributed by atoms with Gasteiger partial charge in [0.2, 0.25) is 0 Å². The number of hydrogen-bond donors (Lipinski definition) is 1. The third-order valence-corrected chi connectivity index (χ3v) is 3.53. The van der Waals surface area contributed by atoms with E-state index < -0.39 is 0 Å². The molecule has 2 atom stereocenters. The summed E-state index contributed by atoms with van der Waals surface area (Å²) in [5, 5.41) is 3.81. The molecule has 1 saturated carbocycles. The van der Waals surface area contributed by atoms with E-state index in [2.05, 4.69) is 5.32 Å². The Morgan fingerprint density at radius 3 is 2.44 bits per heavy atom. The van der Waals surface area contributed by atoms with Crippen molar-refractivity contribution >= 4 is 11.6 Å². The fraction of sp³-hybridized carbons (Fsp3) is 1.00. The Labute approximate surface area is 115 Å². The van der Waals surface area contributed by atoms with Crippen molar-refractivity contribution in [2.75, 3.05) is 53.2 Å². The molecule has 0 amide bonds. The van der Waals surface area contributed by atoms with Gasteiger partial charge in [-0.05, 0) is 31.7 Å². The maximum absolute atomic E-state index is 6.07. The van der Waals surface area contributed by atoms with Crippen LogP contribution in [0.25, 0.3) is 0 Å². The normalized spacial score (nSPS) is 23.7. The minimum Gasteiger partial charge on any atom is -0.382 e. The number of alkyl halides is 1. The SMILES string of the molecule is COCCOCCOCCNCC1CCC(Cl)C1. The molecule has 5 heteroatoms. The van der Waals surface area contributed by atoms with Crippen molar-refractivity contribution in [3.8, 4) is 0 Å². The number of methoxy groups -OCH3 is 1. The summed E-state index contributed by atoms with van der Waals surface area (Å²) in [6.45, 7) is 5.28. The summed E-state index contributed by atoms with van der Waals surface area (Å²) in [5.74, 6) is 0.755. The van der Waals surface area contributed by atoms with E-state index in [1.54, 1.807) is 7.11 Å². The Bertz CT molecular complexity index is 195. The van der Waals surface area contributed by atoms with E-state index in [0.29, 0.717) is 31.8 Å². The van der Waals surface area contributed by atoms with Crippen molar-refractivity contribution in [3.63, 3.8) is 0 Å². The summed E-state index contributed by atoms with van der Waals surface area (Å²) >= 11 is 6.07. The van der Waals surface area contributed by atoms with Crippen LogP contribution < -0.4 is 5.32 Å². The average molecular weight is 280 g/mol. The van der Waals surface area contributed by atoms with Crippen LogP contribution in [0.15, 0.2) is 0 Å².